The second-order valence-corrected chi connectivity index (χ2v) is 8.17. The molecule has 0 fully saturated rings. The number of fused-ring (bicyclic) bond motifs is 1. The molecule has 162 valence electrons. The van der Waals surface area contributed by atoms with Crippen molar-refractivity contribution in [3.8, 4) is 28.4 Å². The lowest BCUT2D eigenvalue weighted by Crippen LogP contribution is -2.25. The third-order valence-corrected chi connectivity index (χ3v) is 5.91. The largest absolute Gasteiger partial charge is 0.508 e. The van der Waals surface area contributed by atoms with Crippen molar-refractivity contribution in [2.24, 2.45) is 0 Å². The number of phenolic OH excluding ortho intramolecular Hbond substituents is 2. The van der Waals surface area contributed by atoms with Crippen LogP contribution in [0.2, 0.25) is 0 Å². The molecular formula is C29H28O3. The smallest absolute Gasteiger partial charge is 0.119 e. The summed E-state index contributed by atoms with van der Waals surface area (Å²) in [5.41, 5.74) is 5.65. The Bertz CT molecular complexity index is 1100. The van der Waals surface area contributed by atoms with Gasteiger partial charge in [0.1, 0.15) is 17.2 Å². The Hall–Kier alpha value is -3.72. The lowest BCUT2D eigenvalue weighted by Gasteiger charge is -2.32. The van der Waals surface area contributed by atoms with Gasteiger partial charge in [-0.1, -0.05) is 61.5 Å². The molecular weight excluding hydrogens is 396 g/mol. The molecule has 0 radical (unpaired) electrons. The molecule has 32 heavy (non-hydrogen) atoms. The number of rotatable bonds is 6. The summed E-state index contributed by atoms with van der Waals surface area (Å²) in [4.78, 5) is 0. The van der Waals surface area contributed by atoms with Gasteiger partial charge in [0.15, 0.2) is 0 Å². The van der Waals surface area contributed by atoms with Crippen LogP contribution in [0, 0.1) is 0 Å². The van der Waals surface area contributed by atoms with Crippen molar-refractivity contribution in [1.82, 2.24) is 0 Å². The molecule has 2 N–H and O–H groups in total. The molecule has 3 aromatic carbocycles. The van der Waals surface area contributed by atoms with Crippen LogP contribution in [0.1, 0.15) is 37.0 Å². The van der Waals surface area contributed by atoms with E-state index in [2.05, 4.69) is 50.2 Å². The zero-order valence-electron chi connectivity index (χ0n) is 18.5. The lowest BCUT2D eigenvalue weighted by atomic mass is 9.71. The second-order valence-electron chi connectivity index (χ2n) is 8.17. The molecule has 0 aromatic heterocycles. The van der Waals surface area contributed by atoms with E-state index >= 15 is 0 Å². The first-order valence-electron chi connectivity index (χ1n) is 10.9. The Balaban J connectivity index is 0.000000346. The van der Waals surface area contributed by atoms with Gasteiger partial charge in [-0.05, 0) is 83.6 Å². The monoisotopic (exact) mass is 424 g/mol. The molecule has 0 aliphatic heterocycles. The van der Waals surface area contributed by atoms with Crippen molar-refractivity contribution in [3.05, 3.63) is 114 Å². The van der Waals surface area contributed by atoms with Crippen molar-refractivity contribution in [1.29, 1.82) is 0 Å². The summed E-state index contributed by atoms with van der Waals surface area (Å²) in [5.74, 6) is 1.34. The van der Waals surface area contributed by atoms with Crippen molar-refractivity contribution < 1.29 is 14.9 Å². The molecule has 2 aliphatic carbocycles. The maximum Gasteiger partial charge on any atom is 0.119 e. The third-order valence-electron chi connectivity index (χ3n) is 5.91. The molecule has 3 aromatic rings. The number of hydrogen-bond acceptors (Lipinski definition) is 3. The molecule has 0 saturated carbocycles. The maximum absolute atomic E-state index is 9.67. The van der Waals surface area contributed by atoms with Crippen LogP contribution in [0.3, 0.4) is 0 Å². The summed E-state index contributed by atoms with van der Waals surface area (Å²) < 4.78 is 5.70. The Kier molecular flexibility index (Phi) is 6.18. The van der Waals surface area contributed by atoms with Gasteiger partial charge in [0.2, 0.25) is 0 Å². The molecule has 0 unspecified atom stereocenters. The highest BCUT2D eigenvalue weighted by Gasteiger charge is 2.31. The van der Waals surface area contributed by atoms with Gasteiger partial charge in [0.25, 0.3) is 0 Å². The molecule has 0 amide bonds. The van der Waals surface area contributed by atoms with Crippen molar-refractivity contribution in [2.45, 2.75) is 25.7 Å². The third kappa shape index (κ3) is 4.62. The molecule has 0 spiro atoms. The van der Waals surface area contributed by atoms with Crippen LogP contribution in [-0.2, 0) is 5.41 Å². The fourth-order valence-electron chi connectivity index (χ4n) is 3.87. The molecule has 0 atom stereocenters. The number of hydrogen-bond donors (Lipinski definition) is 2. The SMILES string of the molecule is CCCOc1ccc(C(C)(c2ccc(O)cc2)c2ccc(O)cc2)cc1.c1cc2cc-2c1. The van der Waals surface area contributed by atoms with Crippen LogP contribution in [0.5, 0.6) is 17.2 Å². The van der Waals surface area contributed by atoms with E-state index in [1.807, 2.05) is 36.4 Å². The highest BCUT2D eigenvalue weighted by molar-refractivity contribution is 5.80. The maximum atomic E-state index is 9.67. The van der Waals surface area contributed by atoms with Gasteiger partial charge < -0.3 is 14.9 Å². The minimum atomic E-state index is -0.426. The zero-order chi connectivity index (χ0) is 22.6. The van der Waals surface area contributed by atoms with Gasteiger partial charge in [0, 0.05) is 5.41 Å². The normalized spacial score (nSPS) is 11.3. The summed E-state index contributed by atoms with van der Waals surface area (Å²) in [6.07, 6.45) is 0.973. The van der Waals surface area contributed by atoms with Crippen LogP contribution in [0.25, 0.3) is 11.1 Å². The van der Waals surface area contributed by atoms with E-state index < -0.39 is 5.41 Å². The quantitative estimate of drug-likeness (QED) is 0.291. The van der Waals surface area contributed by atoms with Gasteiger partial charge in [-0.3, -0.25) is 0 Å². The molecule has 3 nitrogen and oxygen atoms in total. The first-order chi connectivity index (χ1) is 15.5. The first-order valence-corrected chi connectivity index (χ1v) is 10.9. The predicted molar refractivity (Wildman–Crippen MR) is 129 cm³/mol. The fourth-order valence-corrected chi connectivity index (χ4v) is 3.87. The molecule has 2 aliphatic rings. The average Bonchev–Trinajstić information content (AvgIpc) is 3.43. The topological polar surface area (TPSA) is 49.7 Å². The van der Waals surface area contributed by atoms with E-state index in [9.17, 15) is 10.2 Å². The van der Waals surface area contributed by atoms with Gasteiger partial charge in [0.05, 0.1) is 6.61 Å². The van der Waals surface area contributed by atoms with Crippen LogP contribution >= 0.6 is 0 Å². The Labute approximate surface area is 189 Å². The van der Waals surface area contributed by atoms with E-state index in [0.29, 0.717) is 6.61 Å². The summed E-state index contributed by atoms with van der Waals surface area (Å²) >= 11 is 0. The molecule has 0 bridgehead atoms. The number of benzene rings is 4. The summed E-state index contributed by atoms with van der Waals surface area (Å²) in [6.45, 7) is 4.93. The van der Waals surface area contributed by atoms with Gasteiger partial charge in [-0.2, -0.15) is 0 Å². The van der Waals surface area contributed by atoms with E-state index in [1.54, 1.807) is 24.3 Å². The van der Waals surface area contributed by atoms with Crippen molar-refractivity contribution >= 4 is 0 Å². The van der Waals surface area contributed by atoms with Gasteiger partial charge in [-0.15, -0.1) is 0 Å². The average molecular weight is 425 g/mol. The van der Waals surface area contributed by atoms with E-state index in [0.717, 1.165) is 28.9 Å². The standard InChI is InChI=1S/C23H24O3.C6H4/c1-3-16-26-22-14-8-19(9-15-22)23(2,17-4-10-20(24)11-5-17)18-6-12-21(25)13-7-18;1-2-5-4-6(5)3-1/h4-15,24-25H,3,16H2,1-2H3;1-4H. The predicted octanol–water partition coefficient (Wildman–Crippen LogP) is 6.91. The molecule has 5 rings (SSSR count). The summed E-state index contributed by atoms with van der Waals surface area (Å²) in [5, 5.41) is 19.3. The van der Waals surface area contributed by atoms with Crippen LogP contribution in [-0.4, -0.2) is 16.8 Å². The first kappa shape index (κ1) is 21.5. The van der Waals surface area contributed by atoms with E-state index in [1.165, 1.54) is 11.1 Å². The number of ether oxygens (including phenoxy) is 1. The van der Waals surface area contributed by atoms with Crippen molar-refractivity contribution in [3.63, 3.8) is 0 Å². The fraction of sp³-hybridized carbons (Fsp3) is 0.172. The minimum Gasteiger partial charge on any atom is -0.508 e. The second kappa shape index (κ2) is 9.19. The van der Waals surface area contributed by atoms with Crippen LogP contribution < -0.4 is 4.74 Å². The Morgan fingerprint density at radius 1 is 0.656 bits per heavy atom. The summed E-state index contributed by atoms with van der Waals surface area (Å²) in [7, 11) is 0. The van der Waals surface area contributed by atoms with Gasteiger partial charge in [-0.25, -0.2) is 0 Å². The lowest BCUT2D eigenvalue weighted by molar-refractivity contribution is 0.317. The summed E-state index contributed by atoms with van der Waals surface area (Å²) in [6, 6.07) is 31.2. The molecule has 0 heterocycles. The number of aromatic hydroxyl groups is 2. The van der Waals surface area contributed by atoms with Crippen molar-refractivity contribution in [2.75, 3.05) is 6.61 Å². The van der Waals surface area contributed by atoms with Crippen LogP contribution in [0.4, 0.5) is 0 Å². The molecule has 3 heteroatoms. The van der Waals surface area contributed by atoms with Crippen LogP contribution in [0.15, 0.2) is 97.1 Å². The van der Waals surface area contributed by atoms with Gasteiger partial charge >= 0.3 is 0 Å². The van der Waals surface area contributed by atoms with E-state index in [-0.39, 0.29) is 11.5 Å². The van der Waals surface area contributed by atoms with E-state index in [4.69, 9.17) is 4.74 Å². The minimum absolute atomic E-state index is 0.241. The Morgan fingerprint density at radius 2 is 1.09 bits per heavy atom. The Morgan fingerprint density at radius 3 is 1.44 bits per heavy atom. The highest BCUT2D eigenvalue weighted by atomic mass is 16.5. The molecule has 0 saturated heterocycles. The highest BCUT2D eigenvalue weighted by Crippen LogP contribution is 2.40. The zero-order valence-corrected chi connectivity index (χ0v) is 18.5. The number of phenols is 2.